The van der Waals surface area contributed by atoms with Gasteiger partial charge < -0.3 is 10.5 Å². The van der Waals surface area contributed by atoms with Gasteiger partial charge in [-0.05, 0) is 6.92 Å². The van der Waals surface area contributed by atoms with Gasteiger partial charge in [-0.3, -0.25) is 0 Å². The van der Waals surface area contributed by atoms with E-state index in [2.05, 4.69) is 12.2 Å². The summed E-state index contributed by atoms with van der Waals surface area (Å²) in [6, 6.07) is 0. The fourth-order valence-corrected chi connectivity index (χ4v) is 0.998. The molecule has 0 saturated carbocycles. The number of ether oxygens (including phenoxy) is 1. The molecule has 2 N–H and O–H groups in total. The first-order valence-corrected chi connectivity index (χ1v) is 4.16. The van der Waals surface area contributed by atoms with Crippen LogP contribution in [-0.4, -0.2) is 23.3 Å². The third kappa shape index (κ3) is 8.20. The standard InChI is InChI=1S/C5H11NOS2/c1-2-7-3-4-9-5(6)8/h2-4H2,1H3,(H2,6,8). The van der Waals surface area contributed by atoms with Crippen molar-refractivity contribution in [3.8, 4) is 0 Å². The lowest BCUT2D eigenvalue weighted by Gasteiger charge is -1.97. The molecule has 0 aromatic rings. The van der Waals surface area contributed by atoms with Crippen LogP contribution in [-0.2, 0) is 4.74 Å². The molecule has 2 nitrogen and oxygen atoms in total. The highest BCUT2D eigenvalue weighted by atomic mass is 32.2. The molecule has 0 saturated heterocycles. The predicted octanol–water partition coefficient (Wildman–Crippen LogP) is 1.000. The molecule has 0 unspecified atom stereocenters. The van der Waals surface area contributed by atoms with Crippen LogP contribution in [0.1, 0.15) is 6.92 Å². The number of hydrogen-bond acceptors (Lipinski definition) is 3. The van der Waals surface area contributed by atoms with E-state index in [9.17, 15) is 0 Å². The largest absolute Gasteiger partial charge is 0.385 e. The van der Waals surface area contributed by atoms with E-state index in [-0.39, 0.29) is 0 Å². The van der Waals surface area contributed by atoms with Crippen molar-refractivity contribution in [3.63, 3.8) is 0 Å². The molecule has 9 heavy (non-hydrogen) atoms. The summed E-state index contributed by atoms with van der Waals surface area (Å²) in [5.74, 6) is 0.864. The lowest BCUT2D eigenvalue weighted by molar-refractivity contribution is 0.164. The molecule has 0 heterocycles. The summed E-state index contributed by atoms with van der Waals surface area (Å²) in [5, 5.41) is 0. The molecule has 0 bridgehead atoms. The van der Waals surface area contributed by atoms with Crippen LogP contribution in [0.5, 0.6) is 0 Å². The Labute approximate surface area is 65.1 Å². The maximum atomic E-state index is 5.21. The Morgan fingerprint density at radius 3 is 2.89 bits per heavy atom. The number of rotatable bonds is 4. The molecule has 0 amide bonds. The zero-order valence-electron chi connectivity index (χ0n) is 5.42. The molecule has 54 valence electrons. The Bertz CT molecular complexity index is 87.0. The molecule has 0 radical (unpaired) electrons. The molecule has 0 aliphatic rings. The summed E-state index contributed by atoms with van der Waals surface area (Å²) in [5.41, 5.74) is 5.21. The van der Waals surface area contributed by atoms with E-state index in [1.807, 2.05) is 6.92 Å². The highest BCUT2D eigenvalue weighted by molar-refractivity contribution is 8.22. The molecule has 0 fully saturated rings. The van der Waals surface area contributed by atoms with E-state index >= 15 is 0 Å². The lowest BCUT2D eigenvalue weighted by Crippen LogP contribution is -2.05. The van der Waals surface area contributed by atoms with Gasteiger partial charge >= 0.3 is 0 Å². The first kappa shape index (κ1) is 9.20. The third-order valence-electron chi connectivity index (χ3n) is 0.676. The summed E-state index contributed by atoms with van der Waals surface area (Å²) in [6.45, 7) is 3.46. The molecule has 0 spiro atoms. The average Bonchev–Trinajstić information content (AvgIpc) is 1.80. The average molecular weight is 165 g/mol. The SMILES string of the molecule is CCOCCSC(N)=S. The molecule has 0 aliphatic heterocycles. The minimum Gasteiger partial charge on any atom is -0.385 e. The highest BCUT2D eigenvalue weighted by Crippen LogP contribution is 1.97. The van der Waals surface area contributed by atoms with Gasteiger partial charge in [-0.25, -0.2) is 0 Å². The van der Waals surface area contributed by atoms with E-state index in [1.54, 1.807) is 0 Å². The number of hydrogen-bond donors (Lipinski definition) is 1. The van der Waals surface area contributed by atoms with Crippen molar-refractivity contribution in [2.75, 3.05) is 19.0 Å². The monoisotopic (exact) mass is 165 g/mol. The third-order valence-corrected chi connectivity index (χ3v) is 1.68. The minimum atomic E-state index is 0.495. The van der Waals surface area contributed by atoms with Gasteiger partial charge in [0.2, 0.25) is 0 Å². The summed E-state index contributed by atoms with van der Waals surface area (Å²) < 4.78 is 5.54. The summed E-state index contributed by atoms with van der Waals surface area (Å²) in [7, 11) is 0. The lowest BCUT2D eigenvalue weighted by atomic mass is 10.8. The normalized spacial score (nSPS) is 9.44. The van der Waals surface area contributed by atoms with Gasteiger partial charge in [-0.2, -0.15) is 0 Å². The van der Waals surface area contributed by atoms with Crippen molar-refractivity contribution >= 4 is 28.3 Å². The van der Waals surface area contributed by atoms with E-state index in [0.29, 0.717) is 4.32 Å². The molecular formula is C5H11NOS2. The van der Waals surface area contributed by atoms with Crippen molar-refractivity contribution < 1.29 is 4.74 Å². The van der Waals surface area contributed by atoms with E-state index in [4.69, 9.17) is 10.5 Å². The number of thioether (sulfide) groups is 1. The highest BCUT2D eigenvalue weighted by Gasteiger charge is 1.88. The predicted molar refractivity (Wildman–Crippen MR) is 45.7 cm³/mol. The Balaban J connectivity index is 2.83. The Morgan fingerprint density at radius 2 is 2.44 bits per heavy atom. The maximum absolute atomic E-state index is 5.21. The summed E-state index contributed by atoms with van der Waals surface area (Å²) >= 11 is 6.09. The van der Waals surface area contributed by atoms with Crippen LogP contribution in [0, 0.1) is 0 Å². The first-order chi connectivity index (χ1) is 4.27. The van der Waals surface area contributed by atoms with Crippen LogP contribution in [0.3, 0.4) is 0 Å². The van der Waals surface area contributed by atoms with Crippen molar-refractivity contribution in [2.45, 2.75) is 6.92 Å². The minimum absolute atomic E-state index is 0.495. The van der Waals surface area contributed by atoms with Crippen LogP contribution < -0.4 is 5.73 Å². The van der Waals surface area contributed by atoms with Gasteiger partial charge in [0.25, 0.3) is 0 Å². The summed E-state index contributed by atoms with van der Waals surface area (Å²) in [6.07, 6.45) is 0. The Hall–Kier alpha value is 0.200. The second kappa shape index (κ2) is 6.32. The van der Waals surface area contributed by atoms with Crippen molar-refractivity contribution in [1.82, 2.24) is 0 Å². The second-order valence-electron chi connectivity index (χ2n) is 1.36. The maximum Gasteiger partial charge on any atom is 0.131 e. The molecule has 0 aliphatic carbocycles. The first-order valence-electron chi connectivity index (χ1n) is 2.77. The molecular weight excluding hydrogens is 154 g/mol. The van der Waals surface area contributed by atoms with Gasteiger partial charge in [0.05, 0.1) is 6.61 Å². The topological polar surface area (TPSA) is 35.2 Å². The van der Waals surface area contributed by atoms with Crippen molar-refractivity contribution in [2.24, 2.45) is 5.73 Å². The summed E-state index contributed by atoms with van der Waals surface area (Å²) in [4.78, 5) is 0. The molecule has 0 rings (SSSR count). The van der Waals surface area contributed by atoms with Crippen LogP contribution in [0.25, 0.3) is 0 Å². The van der Waals surface area contributed by atoms with Crippen LogP contribution in [0.15, 0.2) is 0 Å². The van der Waals surface area contributed by atoms with E-state index < -0.39 is 0 Å². The van der Waals surface area contributed by atoms with E-state index in [1.165, 1.54) is 11.8 Å². The fraction of sp³-hybridized carbons (Fsp3) is 0.800. The van der Waals surface area contributed by atoms with Crippen LogP contribution in [0.4, 0.5) is 0 Å². The zero-order chi connectivity index (χ0) is 7.11. The van der Waals surface area contributed by atoms with Crippen LogP contribution in [0.2, 0.25) is 0 Å². The quantitative estimate of drug-likeness (QED) is 0.498. The van der Waals surface area contributed by atoms with Gasteiger partial charge in [0.1, 0.15) is 4.32 Å². The Kier molecular flexibility index (Phi) is 6.46. The van der Waals surface area contributed by atoms with Gasteiger partial charge in [-0.15, -0.1) is 0 Å². The number of thiocarbonyl (C=S) groups is 1. The molecule has 0 atom stereocenters. The fourth-order valence-electron chi connectivity index (χ4n) is 0.346. The second-order valence-corrected chi connectivity index (χ2v) is 3.20. The van der Waals surface area contributed by atoms with Gasteiger partial charge in [-0.1, -0.05) is 24.0 Å². The van der Waals surface area contributed by atoms with Crippen LogP contribution >= 0.6 is 24.0 Å². The molecule has 0 aromatic heterocycles. The van der Waals surface area contributed by atoms with E-state index in [0.717, 1.165) is 19.0 Å². The Morgan fingerprint density at radius 1 is 1.78 bits per heavy atom. The van der Waals surface area contributed by atoms with Gasteiger partial charge in [0.15, 0.2) is 0 Å². The zero-order valence-corrected chi connectivity index (χ0v) is 7.06. The van der Waals surface area contributed by atoms with Crippen molar-refractivity contribution in [1.29, 1.82) is 0 Å². The molecule has 0 aromatic carbocycles. The van der Waals surface area contributed by atoms with Crippen molar-refractivity contribution in [3.05, 3.63) is 0 Å². The smallest absolute Gasteiger partial charge is 0.131 e. The molecule has 4 heteroatoms. The number of nitrogens with two attached hydrogens (primary N) is 1. The van der Waals surface area contributed by atoms with Gasteiger partial charge in [0, 0.05) is 12.4 Å².